The number of benzene rings is 1. The Hall–Kier alpha value is -1.27. The molecule has 1 aromatic carbocycles. The molecule has 1 amide bonds. The molecule has 136 valence electrons. The monoisotopic (exact) mass is 379 g/mol. The molecule has 1 aliphatic heterocycles. The molecule has 1 heterocycles. The van der Waals surface area contributed by atoms with Gasteiger partial charge in [-0.2, -0.15) is 0 Å². The molecule has 2 fully saturated rings. The first kappa shape index (κ1) is 18.5. The van der Waals surface area contributed by atoms with Crippen molar-refractivity contribution in [1.29, 1.82) is 0 Å². The highest BCUT2D eigenvalue weighted by Gasteiger charge is 2.37. The zero-order valence-corrected chi connectivity index (χ0v) is 16.5. The molecule has 1 saturated carbocycles. The molecule has 2 aliphatic rings. The second kappa shape index (κ2) is 8.41. The summed E-state index contributed by atoms with van der Waals surface area (Å²) < 4.78 is 11.4. The Morgan fingerprint density at radius 1 is 1.20 bits per heavy atom. The zero-order chi connectivity index (χ0) is 17.8. The smallest absolute Gasteiger partial charge is 0.241 e. The number of thioether (sulfide) groups is 1. The van der Waals surface area contributed by atoms with Crippen LogP contribution < -0.4 is 9.47 Å². The molecule has 0 bridgehead atoms. The van der Waals surface area contributed by atoms with Crippen molar-refractivity contribution in [3.63, 3.8) is 0 Å². The Kier molecular flexibility index (Phi) is 6.23. The van der Waals surface area contributed by atoms with Crippen molar-refractivity contribution in [2.45, 2.75) is 43.8 Å². The molecule has 6 heteroatoms. The molecule has 1 saturated heterocycles. The van der Waals surface area contributed by atoms with Crippen LogP contribution in [0.15, 0.2) is 18.2 Å². The van der Waals surface area contributed by atoms with Gasteiger partial charge in [-0.1, -0.05) is 55.7 Å². The maximum absolute atomic E-state index is 12.8. The van der Waals surface area contributed by atoms with Crippen molar-refractivity contribution in [3.8, 4) is 11.5 Å². The molecule has 3 rings (SSSR count). The van der Waals surface area contributed by atoms with Gasteiger partial charge in [0.25, 0.3) is 0 Å². The topological polar surface area (TPSA) is 38.8 Å². The van der Waals surface area contributed by atoms with Crippen molar-refractivity contribution in [2.24, 2.45) is 5.92 Å². The Bertz CT molecular complexity index is 644. The van der Waals surface area contributed by atoms with Crippen LogP contribution >= 0.6 is 24.0 Å². The Balaban J connectivity index is 1.61. The SMILES string of the molecule is COc1ccc(C[C@@H]2SC(=S)N(CCC3CCCC3)C2=O)cc1OC. The van der Waals surface area contributed by atoms with Gasteiger partial charge in [-0.05, 0) is 36.5 Å². The second-order valence-electron chi connectivity index (χ2n) is 6.69. The maximum atomic E-state index is 12.8. The van der Waals surface area contributed by atoms with E-state index in [9.17, 15) is 4.79 Å². The van der Waals surface area contributed by atoms with Crippen molar-refractivity contribution < 1.29 is 14.3 Å². The molecule has 1 aromatic rings. The third-order valence-corrected chi connectivity index (χ3v) is 6.69. The van der Waals surface area contributed by atoms with E-state index in [4.69, 9.17) is 21.7 Å². The summed E-state index contributed by atoms with van der Waals surface area (Å²) in [6.07, 6.45) is 7.01. The molecule has 0 spiro atoms. The molecule has 1 aliphatic carbocycles. The van der Waals surface area contributed by atoms with E-state index in [-0.39, 0.29) is 11.2 Å². The highest BCUT2D eigenvalue weighted by molar-refractivity contribution is 8.24. The number of hydrogen-bond donors (Lipinski definition) is 0. The van der Waals surface area contributed by atoms with Crippen LogP contribution in [0.2, 0.25) is 0 Å². The molecule has 0 N–H and O–H groups in total. The average Bonchev–Trinajstić information content (AvgIpc) is 3.22. The van der Waals surface area contributed by atoms with Gasteiger partial charge in [0.15, 0.2) is 11.5 Å². The first-order chi connectivity index (χ1) is 12.1. The lowest BCUT2D eigenvalue weighted by Crippen LogP contribution is -2.33. The summed E-state index contributed by atoms with van der Waals surface area (Å²) in [5, 5.41) is -0.130. The minimum atomic E-state index is -0.130. The van der Waals surface area contributed by atoms with E-state index in [0.29, 0.717) is 17.9 Å². The zero-order valence-electron chi connectivity index (χ0n) is 14.8. The summed E-state index contributed by atoms with van der Waals surface area (Å²) in [6.45, 7) is 0.776. The predicted molar refractivity (Wildman–Crippen MR) is 106 cm³/mol. The number of hydrogen-bond acceptors (Lipinski definition) is 5. The molecule has 0 aromatic heterocycles. The number of ether oxygens (including phenoxy) is 2. The van der Waals surface area contributed by atoms with Gasteiger partial charge in [-0.25, -0.2) is 0 Å². The molecule has 0 unspecified atom stereocenters. The molecule has 1 atom stereocenters. The van der Waals surface area contributed by atoms with Crippen LogP contribution in [0.25, 0.3) is 0 Å². The van der Waals surface area contributed by atoms with Crippen LogP contribution in [-0.4, -0.2) is 41.1 Å². The van der Waals surface area contributed by atoms with E-state index in [1.165, 1.54) is 37.4 Å². The maximum Gasteiger partial charge on any atom is 0.241 e. The summed E-state index contributed by atoms with van der Waals surface area (Å²) in [5.74, 6) is 2.31. The first-order valence-corrected chi connectivity index (χ1v) is 10.1. The third kappa shape index (κ3) is 4.29. The van der Waals surface area contributed by atoms with E-state index in [1.54, 1.807) is 14.2 Å². The molecule has 4 nitrogen and oxygen atoms in total. The minimum Gasteiger partial charge on any atom is -0.493 e. The van der Waals surface area contributed by atoms with Gasteiger partial charge < -0.3 is 9.47 Å². The van der Waals surface area contributed by atoms with Crippen molar-refractivity contribution in [2.75, 3.05) is 20.8 Å². The fourth-order valence-corrected chi connectivity index (χ4v) is 5.25. The quantitative estimate of drug-likeness (QED) is 0.668. The lowest BCUT2D eigenvalue weighted by Gasteiger charge is -2.18. The Labute approximate surface area is 159 Å². The summed E-state index contributed by atoms with van der Waals surface area (Å²) in [7, 11) is 3.24. The molecular formula is C19H25NO3S2. The van der Waals surface area contributed by atoms with Crippen molar-refractivity contribution in [1.82, 2.24) is 4.90 Å². The van der Waals surface area contributed by atoms with Crippen LogP contribution in [0.3, 0.4) is 0 Å². The number of nitrogens with zero attached hydrogens (tertiary/aromatic N) is 1. The number of amides is 1. The van der Waals surface area contributed by atoms with Gasteiger partial charge in [0.1, 0.15) is 4.32 Å². The van der Waals surface area contributed by atoms with Gasteiger partial charge in [0.2, 0.25) is 5.91 Å². The van der Waals surface area contributed by atoms with Gasteiger partial charge >= 0.3 is 0 Å². The van der Waals surface area contributed by atoms with E-state index in [1.807, 2.05) is 23.1 Å². The third-order valence-electron chi connectivity index (χ3n) is 5.11. The van der Waals surface area contributed by atoms with E-state index in [2.05, 4.69) is 0 Å². The van der Waals surface area contributed by atoms with Crippen LogP contribution in [-0.2, 0) is 11.2 Å². The normalized spacial score (nSPS) is 21.2. The predicted octanol–water partition coefficient (Wildman–Crippen LogP) is 4.06. The van der Waals surface area contributed by atoms with Gasteiger partial charge in [0.05, 0.1) is 19.5 Å². The van der Waals surface area contributed by atoms with E-state index in [0.717, 1.165) is 28.8 Å². The number of carbonyl (C=O) groups is 1. The van der Waals surface area contributed by atoms with Crippen LogP contribution in [0, 0.1) is 5.92 Å². The second-order valence-corrected chi connectivity index (χ2v) is 8.53. The standard InChI is InChI=1S/C19H25NO3S2/c1-22-15-8-7-14(11-16(15)23-2)12-17-18(21)20(19(24)25-17)10-9-13-5-3-4-6-13/h7-8,11,13,17H,3-6,9-10,12H2,1-2H3/t17-/m0/s1. The Morgan fingerprint density at radius 2 is 1.92 bits per heavy atom. The summed E-state index contributed by atoms with van der Waals surface area (Å²) in [5.41, 5.74) is 1.06. The van der Waals surface area contributed by atoms with Gasteiger partial charge in [-0.15, -0.1) is 0 Å². The fraction of sp³-hybridized carbons (Fsp3) is 0.579. The first-order valence-electron chi connectivity index (χ1n) is 8.85. The molecule has 0 radical (unpaired) electrons. The van der Waals surface area contributed by atoms with Gasteiger partial charge in [0, 0.05) is 6.54 Å². The van der Waals surface area contributed by atoms with Gasteiger partial charge in [-0.3, -0.25) is 9.69 Å². The lowest BCUT2D eigenvalue weighted by atomic mass is 10.0. The highest BCUT2D eigenvalue weighted by Crippen LogP contribution is 2.34. The fourth-order valence-electron chi connectivity index (χ4n) is 3.66. The van der Waals surface area contributed by atoms with Crippen LogP contribution in [0.1, 0.15) is 37.7 Å². The number of rotatable bonds is 7. The van der Waals surface area contributed by atoms with Crippen LogP contribution in [0.4, 0.5) is 0 Å². The molecule has 25 heavy (non-hydrogen) atoms. The Morgan fingerprint density at radius 3 is 2.60 bits per heavy atom. The minimum absolute atomic E-state index is 0.130. The summed E-state index contributed by atoms with van der Waals surface area (Å²) in [6, 6.07) is 5.81. The van der Waals surface area contributed by atoms with Crippen molar-refractivity contribution >= 4 is 34.2 Å². The van der Waals surface area contributed by atoms with E-state index < -0.39 is 0 Å². The summed E-state index contributed by atoms with van der Waals surface area (Å²) >= 11 is 6.98. The number of carbonyl (C=O) groups excluding carboxylic acids is 1. The van der Waals surface area contributed by atoms with E-state index >= 15 is 0 Å². The van der Waals surface area contributed by atoms with Crippen LogP contribution in [0.5, 0.6) is 11.5 Å². The van der Waals surface area contributed by atoms with Crippen molar-refractivity contribution in [3.05, 3.63) is 23.8 Å². The highest BCUT2D eigenvalue weighted by atomic mass is 32.2. The lowest BCUT2D eigenvalue weighted by molar-refractivity contribution is -0.126. The number of thiocarbonyl (C=S) groups is 1. The largest absolute Gasteiger partial charge is 0.493 e. The average molecular weight is 380 g/mol. The summed E-state index contributed by atoms with van der Waals surface area (Å²) in [4.78, 5) is 14.6. The molecular weight excluding hydrogens is 354 g/mol. The number of methoxy groups -OCH3 is 2.